The van der Waals surface area contributed by atoms with Gasteiger partial charge in [-0.25, -0.2) is 0 Å². The molecule has 3 saturated heterocycles. The summed E-state index contributed by atoms with van der Waals surface area (Å²) in [5.74, 6) is 1.45. The van der Waals surface area contributed by atoms with Crippen molar-refractivity contribution in [1.29, 1.82) is 0 Å². The SMILES string of the molecule is CCC1CN2CCC1CC2[C@H](NC(=O)c1ccccc1P(c1ccccc1)c1ccccc1)c1ccnc2ccccc12. The number of amides is 1. The van der Waals surface area contributed by atoms with Crippen LogP contribution in [0.5, 0.6) is 0 Å². The lowest BCUT2D eigenvalue weighted by Gasteiger charge is -2.52. The zero-order valence-corrected chi connectivity index (χ0v) is 25.5. The minimum atomic E-state index is -0.916. The van der Waals surface area contributed by atoms with Crippen LogP contribution in [0, 0.1) is 11.8 Å². The Kier molecular flexibility index (Phi) is 8.06. The normalized spacial score (nSPS) is 22.0. The zero-order chi connectivity index (χ0) is 29.2. The molecule has 0 spiro atoms. The zero-order valence-electron chi connectivity index (χ0n) is 24.6. The number of carbonyl (C=O) groups is 1. The van der Waals surface area contributed by atoms with E-state index in [2.05, 4.69) is 119 Å². The maximum absolute atomic E-state index is 14.6. The first-order valence-corrected chi connectivity index (χ1v) is 16.9. The second-order valence-corrected chi connectivity index (χ2v) is 14.1. The van der Waals surface area contributed by atoms with Gasteiger partial charge in [0.05, 0.1) is 11.6 Å². The summed E-state index contributed by atoms with van der Waals surface area (Å²) in [5, 5.41) is 8.31. The Hall–Kier alpha value is -3.85. The average molecular weight is 584 g/mol. The number of piperidine rings is 3. The molecule has 43 heavy (non-hydrogen) atoms. The number of nitrogens with zero attached hydrogens (tertiary/aromatic N) is 2. The van der Waals surface area contributed by atoms with Crippen LogP contribution in [0.1, 0.15) is 48.1 Å². The summed E-state index contributed by atoms with van der Waals surface area (Å²) in [4.78, 5) is 21.9. The van der Waals surface area contributed by atoms with Crippen LogP contribution < -0.4 is 21.2 Å². The fourth-order valence-electron chi connectivity index (χ4n) is 7.42. The van der Waals surface area contributed by atoms with E-state index >= 15 is 0 Å². The predicted octanol–water partition coefficient (Wildman–Crippen LogP) is 6.58. The van der Waals surface area contributed by atoms with E-state index < -0.39 is 7.92 Å². The van der Waals surface area contributed by atoms with E-state index in [-0.39, 0.29) is 18.0 Å². The molecule has 216 valence electrons. The minimum absolute atomic E-state index is 0.00413. The lowest BCUT2D eigenvalue weighted by molar-refractivity contribution is -0.0152. The number of nitrogens with one attached hydrogen (secondary N) is 1. The van der Waals surface area contributed by atoms with Gasteiger partial charge in [-0.05, 0) is 78.8 Å². The van der Waals surface area contributed by atoms with Gasteiger partial charge >= 0.3 is 0 Å². The van der Waals surface area contributed by atoms with Crippen molar-refractivity contribution < 1.29 is 4.79 Å². The second kappa shape index (κ2) is 12.4. The lowest BCUT2D eigenvalue weighted by Crippen LogP contribution is -2.57. The molecule has 4 heterocycles. The topological polar surface area (TPSA) is 45.2 Å². The van der Waals surface area contributed by atoms with Crippen LogP contribution in [0.2, 0.25) is 0 Å². The van der Waals surface area contributed by atoms with Crippen molar-refractivity contribution in [2.45, 2.75) is 38.3 Å². The van der Waals surface area contributed by atoms with Crippen LogP contribution in [-0.2, 0) is 0 Å². The molecule has 0 aliphatic carbocycles. The van der Waals surface area contributed by atoms with Crippen molar-refractivity contribution in [2.24, 2.45) is 11.8 Å². The van der Waals surface area contributed by atoms with Gasteiger partial charge in [0.1, 0.15) is 0 Å². The van der Waals surface area contributed by atoms with Crippen LogP contribution in [0.25, 0.3) is 10.9 Å². The van der Waals surface area contributed by atoms with Crippen molar-refractivity contribution in [2.75, 3.05) is 13.1 Å². The summed E-state index contributed by atoms with van der Waals surface area (Å²) in [7, 11) is -0.916. The fourth-order valence-corrected chi connectivity index (χ4v) is 9.87. The number of benzene rings is 4. The third kappa shape index (κ3) is 5.51. The molecule has 4 aromatic carbocycles. The maximum atomic E-state index is 14.6. The summed E-state index contributed by atoms with van der Waals surface area (Å²) >= 11 is 0. The van der Waals surface area contributed by atoms with E-state index in [4.69, 9.17) is 0 Å². The van der Waals surface area contributed by atoms with Crippen molar-refractivity contribution in [3.63, 3.8) is 0 Å². The summed E-state index contributed by atoms with van der Waals surface area (Å²) < 4.78 is 0. The number of aromatic nitrogens is 1. The van der Waals surface area contributed by atoms with Crippen LogP contribution in [0.15, 0.2) is 121 Å². The number of carbonyl (C=O) groups excluding carboxylic acids is 1. The van der Waals surface area contributed by atoms with E-state index in [0.717, 1.165) is 52.8 Å². The number of para-hydroxylation sites is 1. The van der Waals surface area contributed by atoms with Gasteiger partial charge in [0.25, 0.3) is 5.91 Å². The van der Waals surface area contributed by atoms with Crippen LogP contribution >= 0.6 is 7.92 Å². The third-order valence-corrected chi connectivity index (χ3v) is 12.1. The average Bonchev–Trinajstić information content (AvgIpc) is 3.08. The smallest absolute Gasteiger partial charge is 0.252 e. The van der Waals surface area contributed by atoms with E-state index in [9.17, 15) is 4.79 Å². The summed E-state index contributed by atoms with van der Waals surface area (Å²) in [6.45, 7) is 4.54. The molecule has 0 radical (unpaired) electrons. The highest BCUT2D eigenvalue weighted by molar-refractivity contribution is 7.80. The molecule has 1 aromatic heterocycles. The molecule has 5 atom stereocenters. The Morgan fingerprint density at radius 3 is 2.26 bits per heavy atom. The highest BCUT2D eigenvalue weighted by Gasteiger charge is 2.43. The Labute approximate surface area is 255 Å². The van der Waals surface area contributed by atoms with Gasteiger partial charge < -0.3 is 5.32 Å². The summed E-state index contributed by atoms with van der Waals surface area (Å²) in [6, 6.07) is 40.1. The molecule has 0 saturated carbocycles. The number of fused-ring (bicyclic) bond motifs is 4. The Bertz CT molecular complexity index is 1660. The molecule has 4 nitrogen and oxygen atoms in total. The number of hydrogen-bond donors (Lipinski definition) is 1. The standard InChI is InChI=1S/C38H38N3OP/c1-2-27-26-41-24-22-28(27)25-35(41)37(32-21-23-39-34-19-11-9-17-31(32)34)40-38(42)33-18-10-12-20-36(33)43(29-13-5-3-6-14-29)30-15-7-4-8-16-30/h3-21,23,27-28,35,37H,2,22,24-26H2,1H3,(H,40,42)/t27?,28?,35?,37-/m1/s1. The van der Waals surface area contributed by atoms with Gasteiger partial charge in [0.2, 0.25) is 0 Å². The fraction of sp³-hybridized carbons (Fsp3) is 0.263. The molecule has 3 aliphatic heterocycles. The lowest BCUT2D eigenvalue weighted by atomic mass is 9.72. The van der Waals surface area contributed by atoms with Crippen molar-refractivity contribution in [3.05, 3.63) is 133 Å². The van der Waals surface area contributed by atoms with Gasteiger partial charge in [-0.2, -0.15) is 0 Å². The molecule has 5 aromatic rings. The molecule has 3 aliphatic rings. The largest absolute Gasteiger partial charge is 0.344 e. The quantitative estimate of drug-likeness (QED) is 0.210. The van der Waals surface area contributed by atoms with Crippen molar-refractivity contribution >= 4 is 40.6 Å². The predicted molar refractivity (Wildman–Crippen MR) is 179 cm³/mol. The van der Waals surface area contributed by atoms with Gasteiger partial charge in [0.15, 0.2) is 0 Å². The van der Waals surface area contributed by atoms with Gasteiger partial charge in [0, 0.05) is 29.7 Å². The van der Waals surface area contributed by atoms with E-state index in [0.29, 0.717) is 5.92 Å². The summed E-state index contributed by atoms with van der Waals surface area (Å²) in [5.41, 5.74) is 2.89. The van der Waals surface area contributed by atoms with E-state index in [1.807, 2.05) is 24.4 Å². The van der Waals surface area contributed by atoms with Crippen molar-refractivity contribution in [1.82, 2.24) is 15.2 Å². The van der Waals surface area contributed by atoms with Gasteiger partial charge in [-0.15, -0.1) is 0 Å². The number of hydrogen-bond acceptors (Lipinski definition) is 3. The van der Waals surface area contributed by atoms with Crippen LogP contribution in [-0.4, -0.2) is 34.9 Å². The van der Waals surface area contributed by atoms with Gasteiger partial charge in [-0.3, -0.25) is 14.7 Å². The first kappa shape index (κ1) is 28.0. The molecule has 1 amide bonds. The molecule has 2 bridgehead atoms. The Morgan fingerprint density at radius 1 is 0.884 bits per heavy atom. The Morgan fingerprint density at radius 2 is 1.56 bits per heavy atom. The minimum Gasteiger partial charge on any atom is -0.344 e. The first-order valence-electron chi connectivity index (χ1n) is 15.6. The molecule has 5 heteroatoms. The molecular weight excluding hydrogens is 545 g/mol. The highest BCUT2D eigenvalue weighted by Crippen LogP contribution is 2.43. The van der Waals surface area contributed by atoms with Crippen molar-refractivity contribution in [3.8, 4) is 0 Å². The van der Waals surface area contributed by atoms with Gasteiger partial charge in [-0.1, -0.05) is 110 Å². The van der Waals surface area contributed by atoms with E-state index in [1.54, 1.807) is 0 Å². The second-order valence-electron chi connectivity index (χ2n) is 11.9. The summed E-state index contributed by atoms with van der Waals surface area (Å²) in [6.07, 6.45) is 5.50. The maximum Gasteiger partial charge on any atom is 0.252 e. The van der Waals surface area contributed by atoms with E-state index in [1.165, 1.54) is 23.5 Å². The monoisotopic (exact) mass is 583 g/mol. The van der Waals surface area contributed by atoms with Crippen LogP contribution in [0.4, 0.5) is 0 Å². The highest BCUT2D eigenvalue weighted by atomic mass is 31.1. The number of rotatable bonds is 8. The molecule has 1 N–H and O–H groups in total. The number of pyridine rings is 1. The molecular formula is C38H38N3OP. The molecule has 8 rings (SSSR count). The molecule has 4 unspecified atom stereocenters. The van der Waals surface area contributed by atoms with Crippen LogP contribution in [0.3, 0.4) is 0 Å². The molecule has 3 fully saturated rings. The first-order chi connectivity index (χ1) is 21.2. The Balaban J connectivity index is 1.30. The third-order valence-electron chi connectivity index (χ3n) is 9.57.